The number of phenols is 1. The van der Waals surface area contributed by atoms with Crippen LogP contribution >= 0.6 is 0 Å². The SMILES string of the molecule is CCc1cc(C(C)(C)C)c(O)c2c1CC1CC3CC(=O)C(C(=O)NC(C)(C)C)=C(O)C3(O)C(=O)C1=C2O. The van der Waals surface area contributed by atoms with E-state index in [1.807, 2.05) is 33.8 Å². The summed E-state index contributed by atoms with van der Waals surface area (Å²) >= 11 is 0. The van der Waals surface area contributed by atoms with Gasteiger partial charge in [-0.05, 0) is 62.5 Å². The summed E-state index contributed by atoms with van der Waals surface area (Å²) in [6, 6.07) is 1.94. The second-order valence-electron chi connectivity index (χ2n) is 12.6. The van der Waals surface area contributed by atoms with Gasteiger partial charge in [0.25, 0.3) is 5.91 Å². The molecular formula is C29H37NO7. The summed E-state index contributed by atoms with van der Waals surface area (Å²) in [5.74, 6) is -5.44. The van der Waals surface area contributed by atoms with Gasteiger partial charge in [0.05, 0.1) is 5.56 Å². The zero-order chi connectivity index (χ0) is 27.8. The van der Waals surface area contributed by atoms with E-state index >= 15 is 0 Å². The molecule has 4 rings (SSSR count). The van der Waals surface area contributed by atoms with Crippen molar-refractivity contribution >= 4 is 23.2 Å². The highest BCUT2D eigenvalue weighted by atomic mass is 16.3. The molecule has 3 aliphatic carbocycles. The van der Waals surface area contributed by atoms with Gasteiger partial charge in [-0.25, -0.2) is 0 Å². The van der Waals surface area contributed by atoms with Crippen molar-refractivity contribution in [1.82, 2.24) is 5.32 Å². The Kier molecular flexibility index (Phi) is 6.15. The third-order valence-corrected chi connectivity index (χ3v) is 7.81. The van der Waals surface area contributed by atoms with E-state index in [1.165, 1.54) is 0 Å². The molecule has 8 nitrogen and oxygen atoms in total. The van der Waals surface area contributed by atoms with Crippen LogP contribution in [0.1, 0.15) is 83.6 Å². The van der Waals surface area contributed by atoms with Gasteiger partial charge in [0, 0.05) is 29.0 Å². The standard InChI is InChI=1S/C29H37NO7/c1-8-13-11-17(27(2,3)4)22(32)20-16(13)10-14-9-15-12-18(31)21(26(36)30-28(5,6)7)25(35)29(15,37)24(34)19(14)23(20)33/h11,14-15,32-33,35,37H,8-10,12H2,1-7H3,(H,30,36). The number of carbonyl (C=O) groups excluding carboxylic acids is 3. The minimum Gasteiger partial charge on any atom is -0.508 e. The van der Waals surface area contributed by atoms with Crippen molar-refractivity contribution in [3.63, 3.8) is 0 Å². The monoisotopic (exact) mass is 511 g/mol. The molecule has 1 fully saturated rings. The van der Waals surface area contributed by atoms with Crippen molar-refractivity contribution in [2.45, 2.75) is 90.7 Å². The Balaban J connectivity index is 1.92. The maximum Gasteiger partial charge on any atom is 0.258 e. The zero-order valence-corrected chi connectivity index (χ0v) is 22.6. The molecular weight excluding hydrogens is 474 g/mol. The molecule has 0 heterocycles. The first-order valence-electron chi connectivity index (χ1n) is 12.8. The van der Waals surface area contributed by atoms with Crippen LogP contribution in [0.15, 0.2) is 23.0 Å². The maximum absolute atomic E-state index is 13.9. The number of hydrogen-bond acceptors (Lipinski definition) is 7. The van der Waals surface area contributed by atoms with Gasteiger partial charge < -0.3 is 25.7 Å². The van der Waals surface area contributed by atoms with Gasteiger partial charge in [0.15, 0.2) is 11.4 Å². The number of nitrogens with one attached hydrogen (secondary N) is 1. The number of carbonyl (C=O) groups is 3. The Morgan fingerprint density at radius 3 is 2.24 bits per heavy atom. The number of benzene rings is 1. The van der Waals surface area contributed by atoms with E-state index in [4.69, 9.17) is 0 Å². The lowest BCUT2D eigenvalue weighted by Crippen LogP contribution is -2.58. The number of hydrogen-bond donors (Lipinski definition) is 5. The fourth-order valence-corrected chi connectivity index (χ4v) is 6.04. The number of amides is 1. The normalized spacial score (nSPS) is 26.1. The number of aromatic hydroxyl groups is 1. The van der Waals surface area contributed by atoms with Crippen LogP contribution in [-0.2, 0) is 32.6 Å². The Hall–Kier alpha value is -3.13. The van der Waals surface area contributed by atoms with E-state index in [1.54, 1.807) is 20.8 Å². The lowest BCUT2D eigenvalue weighted by Gasteiger charge is -2.46. The minimum absolute atomic E-state index is 0.0915. The first-order chi connectivity index (χ1) is 16.9. The molecule has 1 aromatic carbocycles. The molecule has 1 aromatic rings. The molecule has 0 saturated heterocycles. The van der Waals surface area contributed by atoms with E-state index in [9.17, 15) is 34.8 Å². The first-order valence-corrected chi connectivity index (χ1v) is 12.8. The number of Topliss-reactive ketones (excluding diaryl/α,β-unsaturated/α-hetero) is 2. The summed E-state index contributed by atoms with van der Waals surface area (Å²) in [6.45, 7) is 12.9. The Morgan fingerprint density at radius 2 is 1.70 bits per heavy atom. The number of fused-ring (bicyclic) bond motifs is 3. The lowest BCUT2D eigenvalue weighted by atomic mass is 9.59. The van der Waals surface area contributed by atoms with Crippen LogP contribution in [0.5, 0.6) is 5.75 Å². The van der Waals surface area contributed by atoms with Crippen LogP contribution in [0.25, 0.3) is 5.76 Å². The summed E-state index contributed by atoms with van der Waals surface area (Å²) in [4.78, 5) is 39.7. The van der Waals surface area contributed by atoms with Gasteiger partial charge in [0.2, 0.25) is 5.78 Å². The summed E-state index contributed by atoms with van der Waals surface area (Å²) in [5, 5.41) is 47.9. The third kappa shape index (κ3) is 4.06. The van der Waals surface area contributed by atoms with Crippen molar-refractivity contribution in [3.8, 4) is 5.75 Å². The number of rotatable bonds is 2. The molecule has 37 heavy (non-hydrogen) atoms. The number of aryl methyl sites for hydroxylation is 1. The number of aliphatic hydroxyl groups excluding tert-OH is 2. The number of phenolic OH excluding ortho intramolecular Hbond substituents is 1. The van der Waals surface area contributed by atoms with Gasteiger partial charge in [-0.15, -0.1) is 0 Å². The van der Waals surface area contributed by atoms with E-state index in [0.29, 0.717) is 18.4 Å². The molecule has 1 saturated carbocycles. The van der Waals surface area contributed by atoms with E-state index in [2.05, 4.69) is 5.32 Å². The second kappa shape index (κ2) is 8.45. The predicted octanol–water partition coefficient (Wildman–Crippen LogP) is 3.71. The Morgan fingerprint density at radius 1 is 1.08 bits per heavy atom. The molecule has 0 radical (unpaired) electrons. The fourth-order valence-electron chi connectivity index (χ4n) is 6.04. The molecule has 3 unspecified atom stereocenters. The highest BCUT2D eigenvalue weighted by Crippen LogP contribution is 2.53. The third-order valence-electron chi connectivity index (χ3n) is 7.81. The molecule has 1 amide bonds. The molecule has 5 N–H and O–H groups in total. The molecule has 0 aromatic heterocycles. The molecule has 200 valence electrons. The van der Waals surface area contributed by atoms with Crippen LogP contribution < -0.4 is 5.32 Å². The van der Waals surface area contributed by atoms with Gasteiger partial charge in [-0.1, -0.05) is 33.8 Å². The van der Waals surface area contributed by atoms with Gasteiger partial charge in [-0.2, -0.15) is 0 Å². The number of ketones is 2. The van der Waals surface area contributed by atoms with Gasteiger partial charge >= 0.3 is 0 Å². The lowest BCUT2D eigenvalue weighted by molar-refractivity contribution is -0.147. The maximum atomic E-state index is 13.9. The molecule has 0 aliphatic heterocycles. The predicted molar refractivity (Wildman–Crippen MR) is 138 cm³/mol. The van der Waals surface area contributed by atoms with E-state index in [-0.39, 0.29) is 29.7 Å². The topological polar surface area (TPSA) is 144 Å². The second-order valence-corrected chi connectivity index (χ2v) is 12.6. The van der Waals surface area contributed by atoms with Crippen molar-refractivity contribution in [2.24, 2.45) is 11.8 Å². The van der Waals surface area contributed by atoms with Crippen molar-refractivity contribution in [3.05, 3.63) is 45.2 Å². The zero-order valence-electron chi connectivity index (χ0n) is 22.6. The average Bonchev–Trinajstić information content (AvgIpc) is 2.74. The first kappa shape index (κ1) is 26.9. The van der Waals surface area contributed by atoms with Crippen molar-refractivity contribution in [2.75, 3.05) is 0 Å². The molecule has 3 atom stereocenters. The smallest absolute Gasteiger partial charge is 0.258 e. The minimum atomic E-state index is -2.53. The van der Waals surface area contributed by atoms with Gasteiger partial charge in [-0.3, -0.25) is 14.4 Å². The average molecular weight is 512 g/mol. The summed E-state index contributed by atoms with van der Waals surface area (Å²) in [6.07, 6.45) is 0.849. The Labute approximate surface area is 217 Å². The van der Waals surface area contributed by atoms with Crippen LogP contribution in [0.4, 0.5) is 0 Å². The summed E-state index contributed by atoms with van der Waals surface area (Å²) in [5.41, 5.74) is -1.93. The fraction of sp³-hybridized carbons (Fsp3) is 0.552. The van der Waals surface area contributed by atoms with Crippen LogP contribution in [-0.4, -0.2) is 49.0 Å². The van der Waals surface area contributed by atoms with Crippen molar-refractivity contribution in [1.29, 1.82) is 0 Å². The van der Waals surface area contributed by atoms with Crippen molar-refractivity contribution < 1.29 is 34.8 Å². The molecule has 8 heteroatoms. The quantitative estimate of drug-likeness (QED) is 0.381. The molecule has 0 bridgehead atoms. The van der Waals surface area contributed by atoms with E-state index in [0.717, 1.165) is 11.1 Å². The summed E-state index contributed by atoms with van der Waals surface area (Å²) < 4.78 is 0. The Bertz CT molecular complexity index is 1290. The summed E-state index contributed by atoms with van der Waals surface area (Å²) in [7, 11) is 0. The highest BCUT2D eigenvalue weighted by Gasteiger charge is 2.60. The molecule has 3 aliphatic rings. The highest BCUT2D eigenvalue weighted by molar-refractivity contribution is 6.23. The van der Waals surface area contributed by atoms with Crippen LogP contribution in [0.2, 0.25) is 0 Å². The van der Waals surface area contributed by atoms with Crippen LogP contribution in [0, 0.1) is 11.8 Å². The van der Waals surface area contributed by atoms with Crippen LogP contribution in [0.3, 0.4) is 0 Å². The molecule has 0 spiro atoms. The number of aliphatic hydroxyl groups is 3. The van der Waals surface area contributed by atoms with Gasteiger partial charge in [0.1, 0.15) is 22.8 Å². The van der Waals surface area contributed by atoms with E-state index < -0.39 is 63.0 Å². The largest absolute Gasteiger partial charge is 0.508 e.